The number of hydrogen-bond donors (Lipinski definition) is 1. The third-order valence-electron chi connectivity index (χ3n) is 6.22. The summed E-state index contributed by atoms with van der Waals surface area (Å²) < 4.78 is 22.0. The zero-order valence-electron chi connectivity index (χ0n) is 18.5. The molecule has 33 heavy (non-hydrogen) atoms. The number of ether oxygens (including phenoxy) is 1. The number of nitrogens with zero attached hydrogens (tertiary/aromatic N) is 4. The Labute approximate surface area is 192 Å². The maximum atomic E-state index is 14.7. The molecule has 2 aromatic heterocycles. The van der Waals surface area contributed by atoms with Gasteiger partial charge in [0.2, 0.25) is 5.91 Å². The van der Waals surface area contributed by atoms with Gasteiger partial charge in [0.15, 0.2) is 0 Å². The molecule has 2 fully saturated rings. The van der Waals surface area contributed by atoms with Gasteiger partial charge in [0.05, 0.1) is 31.1 Å². The Kier molecular flexibility index (Phi) is 6.46. The van der Waals surface area contributed by atoms with Crippen molar-refractivity contribution in [2.75, 3.05) is 32.8 Å². The topological polar surface area (TPSA) is 72.3 Å². The molecule has 172 valence electrons. The Morgan fingerprint density at radius 1 is 1.27 bits per heavy atom. The first-order valence-electron chi connectivity index (χ1n) is 11.5. The zero-order valence-corrected chi connectivity index (χ0v) is 18.5. The molecule has 7 nitrogen and oxygen atoms in total. The van der Waals surface area contributed by atoms with E-state index in [1.807, 2.05) is 29.2 Å². The van der Waals surface area contributed by atoms with Crippen LogP contribution in [0.2, 0.25) is 0 Å². The molecule has 3 aliphatic rings. The van der Waals surface area contributed by atoms with Crippen LogP contribution in [0, 0.1) is 5.92 Å². The highest BCUT2D eigenvalue weighted by molar-refractivity contribution is 5.94. The van der Waals surface area contributed by atoms with Crippen LogP contribution in [0.5, 0.6) is 0 Å². The average Bonchev–Trinajstić information content (AvgIpc) is 3.57. The smallest absolute Gasteiger partial charge is 0.248 e. The Morgan fingerprint density at radius 2 is 2.12 bits per heavy atom. The largest absolute Gasteiger partial charge is 0.379 e. The van der Waals surface area contributed by atoms with Crippen LogP contribution >= 0.6 is 0 Å². The van der Waals surface area contributed by atoms with Crippen molar-refractivity contribution < 1.29 is 13.9 Å². The second-order valence-electron chi connectivity index (χ2n) is 8.78. The number of pyridine rings is 1. The highest BCUT2D eigenvalue weighted by atomic mass is 19.1. The maximum Gasteiger partial charge on any atom is 0.248 e. The van der Waals surface area contributed by atoms with E-state index < -0.39 is 0 Å². The Hall–Kier alpha value is -3.10. The molecular weight excluding hydrogens is 421 g/mol. The average molecular weight is 450 g/mol. The Morgan fingerprint density at radius 3 is 2.91 bits per heavy atom. The molecule has 0 spiro atoms. The summed E-state index contributed by atoms with van der Waals surface area (Å²) in [5.41, 5.74) is 2.98. The minimum Gasteiger partial charge on any atom is -0.379 e. The molecule has 3 heterocycles. The van der Waals surface area contributed by atoms with Gasteiger partial charge in [-0.3, -0.25) is 19.4 Å². The molecular formula is C25H28FN5O2. The van der Waals surface area contributed by atoms with Gasteiger partial charge in [0.1, 0.15) is 5.83 Å². The van der Waals surface area contributed by atoms with Gasteiger partial charge in [-0.2, -0.15) is 5.10 Å². The zero-order chi connectivity index (χ0) is 22.6. The van der Waals surface area contributed by atoms with E-state index in [0.29, 0.717) is 12.5 Å². The molecule has 1 N–H and O–H groups in total. The minimum absolute atomic E-state index is 0.105. The first-order valence-corrected chi connectivity index (χ1v) is 11.5. The SMILES string of the molecule is O=C(/C=C/c1cnccc1-c1cnn(C2CC2)c1)NC1=C(F)CC(CN2CCOCC2)C=C1. The van der Waals surface area contributed by atoms with Crippen LogP contribution in [0.4, 0.5) is 4.39 Å². The summed E-state index contributed by atoms with van der Waals surface area (Å²) in [7, 11) is 0. The van der Waals surface area contributed by atoms with Crippen molar-refractivity contribution in [3.8, 4) is 11.1 Å². The Balaban J connectivity index is 1.20. The van der Waals surface area contributed by atoms with Gasteiger partial charge in [-0.15, -0.1) is 0 Å². The van der Waals surface area contributed by atoms with E-state index >= 15 is 0 Å². The fourth-order valence-corrected chi connectivity index (χ4v) is 4.24. The summed E-state index contributed by atoms with van der Waals surface area (Å²) in [6.45, 7) is 4.01. The lowest BCUT2D eigenvalue weighted by atomic mass is 9.97. The molecule has 1 saturated heterocycles. The van der Waals surface area contributed by atoms with Gasteiger partial charge in [-0.1, -0.05) is 6.08 Å². The second-order valence-corrected chi connectivity index (χ2v) is 8.78. The molecule has 1 saturated carbocycles. The van der Waals surface area contributed by atoms with E-state index in [-0.39, 0.29) is 23.3 Å². The van der Waals surface area contributed by atoms with Crippen molar-refractivity contribution in [3.05, 3.63) is 66.2 Å². The van der Waals surface area contributed by atoms with Crippen LogP contribution in [-0.4, -0.2) is 58.4 Å². The van der Waals surface area contributed by atoms with Crippen LogP contribution < -0.4 is 5.32 Å². The highest BCUT2D eigenvalue weighted by Crippen LogP contribution is 2.35. The van der Waals surface area contributed by atoms with E-state index in [1.54, 1.807) is 24.5 Å². The van der Waals surface area contributed by atoms with Crippen molar-refractivity contribution in [1.29, 1.82) is 0 Å². The van der Waals surface area contributed by atoms with Crippen LogP contribution in [0.1, 0.15) is 30.9 Å². The quantitative estimate of drug-likeness (QED) is 0.655. The summed E-state index contributed by atoms with van der Waals surface area (Å²) in [5.74, 6) is -0.555. The van der Waals surface area contributed by atoms with Gasteiger partial charge in [-0.05, 0) is 42.5 Å². The number of carbonyl (C=O) groups is 1. The first kappa shape index (κ1) is 21.7. The van der Waals surface area contributed by atoms with E-state index in [9.17, 15) is 9.18 Å². The number of hydrogen-bond acceptors (Lipinski definition) is 5. The summed E-state index contributed by atoms with van der Waals surface area (Å²) in [5, 5.41) is 7.12. The highest BCUT2D eigenvalue weighted by Gasteiger charge is 2.24. The molecule has 8 heteroatoms. The van der Waals surface area contributed by atoms with Gasteiger partial charge in [0.25, 0.3) is 0 Å². The lowest BCUT2D eigenvalue weighted by Gasteiger charge is -2.30. The summed E-state index contributed by atoms with van der Waals surface area (Å²) >= 11 is 0. The van der Waals surface area contributed by atoms with Crippen LogP contribution in [-0.2, 0) is 9.53 Å². The lowest BCUT2D eigenvalue weighted by molar-refractivity contribution is -0.115. The molecule has 1 atom stereocenters. The van der Waals surface area contributed by atoms with Crippen molar-refractivity contribution in [1.82, 2.24) is 25.0 Å². The van der Waals surface area contributed by atoms with Gasteiger partial charge < -0.3 is 10.1 Å². The molecule has 1 unspecified atom stereocenters. The Bertz CT molecular complexity index is 1100. The third-order valence-corrected chi connectivity index (χ3v) is 6.22. The third kappa shape index (κ3) is 5.46. The predicted molar refractivity (Wildman–Crippen MR) is 124 cm³/mol. The number of morpholine rings is 1. The normalized spacial score (nSPS) is 21.7. The molecule has 0 bridgehead atoms. The number of carbonyl (C=O) groups excluding carboxylic acids is 1. The van der Waals surface area contributed by atoms with E-state index in [4.69, 9.17) is 4.74 Å². The maximum absolute atomic E-state index is 14.7. The van der Waals surface area contributed by atoms with Crippen molar-refractivity contribution >= 4 is 12.0 Å². The molecule has 0 radical (unpaired) electrons. The molecule has 1 amide bonds. The van der Waals surface area contributed by atoms with Crippen molar-refractivity contribution in [2.24, 2.45) is 5.92 Å². The van der Waals surface area contributed by atoms with Crippen molar-refractivity contribution in [3.63, 3.8) is 0 Å². The second kappa shape index (κ2) is 9.80. The van der Waals surface area contributed by atoms with E-state index in [0.717, 1.165) is 49.5 Å². The fourth-order valence-electron chi connectivity index (χ4n) is 4.24. The molecule has 0 aromatic carbocycles. The van der Waals surface area contributed by atoms with Crippen LogP contribution in [0.3, 0.4) is 0 Å². The van der Waals surface area contributed by atoms with E-state index in [2.05, 4.69) is 20.3 Å². The molecule has 1 aliphatic heterocycles. The molecule has 2 aliphatic carbocycles. The molecule has 2 aromatic rings. The monoisotopic (exact) mass is 449 g/mol. The number of rotatable bonds is 7. The van der Waals surface area contributed by atoms with Crippen LogP contribution in [0.15, 0.2) is 60.6 Å². The van der Waals surface area contributed by atoms with Gasteiger partial charge >= 0.3 is 0 Å². The number of amides is 1. The first-order chi connectivity index (χ1) is 16.2. The number of nitrogens with one attached hydrogen (secondary N) is 1. The fraction of sp³-hybridized carbons (Fsp3) is 0.400. The number of halogens is 1. The minimum atomic E-state index is -0.375. The van der Waals surface area contributed by atoms with Gasteiger partial charge in [-0.25, -0.2) is 4.39 Å². The van der Waals surface area contributed by atoms with E-state index in [1.165, 1.54) is 18.9 Å². The summed E-state index contributed by atoms with van der Waals surface area (Å²) in [6, 6.07) is 2.41. The number of allylic oxidation sites excluding steroid dienone is 2. The predicted octanol–water partition coefficient (Wildman–Crippen LogP) is 3.50. The molecule has 5 rings (SSSR count). The summed E-state index contributed by atoms with van der Waals surface area (Å²) in [4.78, 5) is 19.0. The van der Waals surface area contributed by atoms with Gasteiger partial charge in [0, 0.05) is 61.8 Å². The lowest BCUT2D eigenvalue weighted by Crippen LogP contribution is -2.39. The summed E-state index contributed by atoms with van der Waals surface area (Å²) in [6.07, 6.45) is 16.7. The van der Waals surface area contributed by atoms with Crippen LogP contribution in [0.25, 0.3) is 17.2 Å². The number of aromatic nitrogens is 3. The standard InChI is InChI=1S/C25H28FN5O2/c26-23-13-18(16-30-9-11-33-12-10-30)1-5-24(23)29-25(32)6-2-19-14-27-8-7-22(19)20-15-28-31(17-20)21-3-4-21/h1-2,5-8,14-15,17-18,21H,3-4,9-13,16H2,(H,29,32)/b6-2+. The van der Waals surface area contributed by atoms with Crippen molar-refractivity contribution in [2.45, 2.75) is 25.3 Å².